The van der Waals surface area contributed by atoms with Crippen LogP contribution in [0.5, 0.6) is 5.75 Å². The smallest absolute Gasteiger partial charge is 0.122 e. The number of para-hydroxylation sites is 1. The number of ether oxygens (including phenoxy) is 1. The molecule has 0 radical (unpaired) electrons. The highest BCUT2D eigenvalue weighted by Crippen LogP contribution is 2.28. The van der Waals surface area contributed by atoms with Crippen molar-refractivity contribution in [3.8, 4) is 5.75 Å². The van der Waals surface area contributed by atoms with Gasteiger partial charge in [-0.3, -0.25) is 4.90 Å². The summed E-state index contributed by atoms with van der Waals surface area (Å²) in [4.78, 5) is 2.53. The van der Waals surface area contributed by atoms with Gasteiger partial charge in [0.1, 0.15) is 12.4 Å². The second-order valence-corrected chi connectivity index (χ2v) is 6.22. The maximum atomic E-state index is 6.05. The van der Waals surface area contributed by atoms with Crippen LogP contribution in [0.3, 0.4) is 0 Å². The number of piperidine rings is 1. The Hall–Kier alpha value is -1.02. The third-order valence-electron chi connectivity index (χ3n) is 4.60. The highest BCUT2D eigenvalue weighted by molar-refractivity contribution is 5.35. The van der Waals surface area contributed by atoms with Gasteiger partial charge in [-0.05, 0) is 55.8 Å². The summed E-state index contributed by atoms with van der Waals surface area (Å²) >= 11 is 0. The lowest BCUT2D eigenvalue weighted by atomic mass is 9.98. The second-order valence-electron chi connectivity index (χ2n) is 6.22. The summed E-state index contributed by atoms with van der Waals surface area (Å²) in [5, 5.41) is 0. The Morgan fingerprint density at radius 3 is 2.65 bits per heavy atom. The van der Waals surface area contributed by atoms with Crippen LogP contribution in [0, 0.1) is 5.92 Å². The van der Waals surface area contributed by atoms with E-state index in [9.17, 15) is 0 Å². The molecular weight excluding hydrogens is 246 g/mol. The molecule has 2 rings (SSSR count). The monoisotopic (exact) mass is 275 g/mol. The summed E-state index contributed by atoms with van der Waals surface area (Å²) in [7, 11) is 0. The maximum absolute atomic E-state index is 6.05. The molecule has 1 heterocycles. The molecule has 1 aliphatic rings. The summed E-state index contributed by atoms with van der Waals surface area (Å²) in [5.41, 5.74) is 1.35. The third-order valence-corrected chi connectivity index (χ3v) is 4.60. The van der Waals surface area contributed by atoms with Crippen molar-refractivity contribution in [3.63, 3.8) is 0 Å². The van der Waals surface area contributed by atoms with Gasteiger partial charge in [0.05, 0.1) is 0 Å². The first-order valence-electron chi connectivity index (χ1n) is 8.14. The first kappa shape index (κ1) is 15.4. The van der Waals surface area contributed by atoms with Gasteiger partial charge in [-0.25, -0.2) is 0 Å². The predicted octanol–water partition coefficient (Wildman–Crippen LogP) is 4.31. The van der Waals surface area contributed by atoms with Gasteiger partial charge in [0.2, 0.25) is 0 Å². The van der Waals surface area contributed by atoms with Crippen LogP contribution in [-0.2, 0) is 0 Å². The molecule has 0 N–H and O–H groups in total. The van der Waals surface area contributed by atoms with Crippen molar-refractivity contribution < 1.29 is 4.74 Å². The van der Waals surface area contributed by atoms with E-state index >= 15 is 0 Å². The maximum Gasteiger partial charge on any atom is 0.122 e. The molecule has 20 heavy (non-hydrogen) atoms. The number of hydrogen-bond donors (Lipinski definition) is 0. The van der Waals surface area contributed by atoms with Crippen LogP contribution >= 0.6 is 0 Å². The molecule has 2 heteroatoms. The molecular formula is C18H29NO. The highest BCUT2D eigenvalue weighted by atomic mass is 16.5. The Bertz CT molecular complexity index is 396. The minimum absolute atomic E-state index is 0.571. The lowest BCUT2D eigenvalue weighted by molar-refractivity contribution is 0.160. The zero-order valence-corrected chi connectivity index (χ0v) is 13.3. The van der Waals surface area contributed by atoms with Crippen LogP contribution in [0.2, 0.25) is 0 Å². The minimum atomic E-state index is 0.571. The molecule has 0 bridgehead atoms. The quantitative estimate of drug-likeness (QED) is 0.767. The number of nitrogens with zero attached hydrogens (tertiary/aromatic N) is 1. The van der Waals surface area contributed by atoms with E-state index < -0.39 is 0 Å². The van der Waals surface area contributed by atoms with Gasteiger partial charge in [-0.2, -0.15) is 0 Å². The molecule has 0 spiro atoms. The van der Waals surface area contributed by atoms with Crippen molar-refractivity contribution in [2.45, 2.75) is 46.0 Å². The zero-order valence-electron chi connectivity index (χ0n) is 13.3. The standard InChI is InChI=1S/C18H29NO/c1-4-16(3)17-7-5-6-8-18(17)20-14-13-19-11-9-15(2)10-12-19/h5-8,15-16H,4,9-14H2,1-3H3/t16-/m1/s1. The Kier molecular flexibility index (Phi) is 5.90. The Labute approximate surface area is 124 Å². The van der Waals surface area contributed by atoms with Crippen LogP contribution < -0.4 is 4.74 Å². The summed E-state index contributed by atoms with van der Waals surface area (Å²) in [5.74, 6) is 2.55. The molecule has 0 unspecified atom stereocenters. The second kappa shape index (κ2) is 7.68. The predicted molar refractivity (Wildman–Crippen MR) is 85.5 cm³/mol. The normalized spacial score (nSPS) is 18.9. The van der Waals surface area contributed by atoms with Gasteiger partial charge in [-0.15, -0.1) is 0 Å². The van der Waals surface area contributed by atoms with Gasteiger partial charge < -0.3 is 4.74 Å². The van der Waals surface area contributed by atoms with Gasteiger partial charge in [0.15, 0.2) is 0 Å². The van der Waals surface area contributed by atoms with Crippen molar-refractivity contribution in [2.24, 2.45) is 5.92 Å². The third kappa shape index (κ3) is 4.24. The molecule has 2 nitrogen and oxygen atoms in total. The molecule has 1 aliphatic heterocycles. The van der Waals surface area contributed by atoms with E-state index in [1.54, 1.807) is 0 Å². The number of likely N-dealkylation sites (tertiary alicyclic amines) is 1. The summed E-state index contributed by atoms with van der Waals surface area (Å²) in [6.07, 6.45) is 3.83. The lowest BCUT2D eigenvalue weighted by Crippen LogP contribution is -2.35. The van der Waals surface area contributed by atoms with Gasteiger partial charge in [0.25, 0.3) is 0 Å². The van der Waals surface area contributed by atoms with E-state index in [1.165, 1.54) is 31.5 Å². The van der Waals surface area contributed by atoms with Gasteiger partial charge in [0, 0.05) is 6.54 Å². The summed E-state index contributed by atoms with van der Waals surface area (Å²) < 4.78 is 6.05. The topological polar surface area (TPSA) is 12.5 Å². The van der Waals surface area contributed by atoms with Crippen LogP contribution in [-0.4, -0.2) is 31.1 Å². The summed E-state index contributed by atoms with van der Waals surface area (Å²) in [6, 6.07) is 8.50. The number of benzene rings is 1. The summed E-state index contributed by atoms with van der Waals surface area (Å²) in [6.45, 7) is 11.2. The van der Waals surface area contributed by atoms with Gasteiger partial charge in [-0.1, -0.05) is 39.0 Å². The molecule has 1 aromatic carbocycles. The molecule has 1 aromatic rings. The zero-order chi connectivity index (χ0) is 14.4. The van der Waals surface area contributed by atoms with Gasteiger partial charge >= 0.3 is 0 Å². The van der Waals surface area contributed by atoms with E-state index in [1.807, 2.05) is 0 Å². The molecule has 0 aromatic heterocycles. The Morgan fingerprint density at radius 1 is 1.25 bits per heavy atom. The van der Waals surface area contributed by atoms with Crippen molar-refractivity contribution in [2.75, 3.05) is 26.2 Å². The fourth-order valence-corrected chi connectivity index (χ4v) is 2.81. The van der Waals surface area contributed by atoms with E-state index in [0.29, 0.717) is 5.92 Å². The fourth-order valence-electron chi connectivity index (χ4n) is 2.81. The van der Waals surface area contributed by atoms with Crippen molar-refractivity contribution in [1.29, 1.82) is 0 Å². The van der Waals surface area contributed by atoms with Crippen molar-refractivity contribution in [3.05, 3.63) is 29.8 Å². The first-order chi connectivity index (χ1) is 9.70. The molecule has 0 aliphatic carbocycles. The van der Waals surface area contributed by atoms with E-state index in [0.717, 1.165) is 31.2 Å². The minimum Gasteiger partial charge on any atom is -0.492 e. The first-order valence-corrected chi connectivity index (χ1v) is 8.14. The Morgan fingerprint density at radius 2 is 1.95 bits per heavy atom. The van der Waals surface area contributed by atoms with Crippen LogP contribution in [0.4, 0.5) is 0 Å². The van der Waals surface area contributed by atoms with Crippen molar-refractivity contribution in [1.82, 2.24) is 4.90 Å². The fraction of sp³-hybridized carbons (Fsp3) is 0.667. The molecule has 1 atom stereocenters. The van der Waals surface area contributed by atoms with Crippen LogP contribution in [0.25, 0.3) is 0 Å². The molecule has 0 saturated carbocycles. The van der Waals surface area contributed by atoms with E-state index in [-0.39, 0.29) is 0 Å². The Balaban J connectivity index is 1.82. The average Bonchev–Trinajstić information content (AvgIpc) is 2.49. The van der Waals surface area contributed by atoms with Crippen molar-refractivity contribution >= 4 is 0 Å². The van der Waals surface area contributed by atoms with E-state index in [2.05, 4.69) is 49.9 Å². The number of rotatable bonds is 6. The molecule has 1 saturated heterocycles. The number of hydrogen-bond acceptors (Lipinski definition) is 2. The molecule has 1 fully saturated rings. The van der Waals surface area contributed by atoms with Crippen LogP contribution in [0.15, 0.2) is 24.3 Å². The largest absolute Gasteiger partial charge is 0.492 e. The van der Waals surface area contributed by atoms with E-state index in [4.69, 9.17) is 4.74 Å². The van der Waals surface area contributed by atoms with Crippen LogP contribution in [0.1, 0.15) is 51.5 Å². The molecule has 112 valence electrons. The molecule has 0 amide bonds. The SMILES string of the molecule is CC[C@@H](C)c1ccccc1OCCN1CCC(C)CC1. The lowest BCUT2D eigenvalue weighted by Gasteiger charge is -2.30. The highest BCUT2D eigenvalue weighted by Gasteiger charge is 2.15. The average molecular weight is 275 g/mol.